The molecular weight excluding hydrogens is 262 g/mol. The topological polar surface area (TPSA) is 59.2 Å². The molecule has 0 fully saturated rings. The third-order valence-electron chi connectivity index (χ3n) is 3.37. The second-order valence-corrected chi connectivity index (χ2v) is 5.10. The number of anilines is 1. The minimum atomic E-state index is 0.0271. The summed E-state index contributed by atoms with van der Waals surface area (Å²) in [5.41, 5.74) is 8.94. The third kappa shape index (κ3) is 3.81. The number of nitrogen functional groups attached to an aromatic ring is 1. The van der Waals surface area contributed by atoms with Crippen LogP contribution in [0.4, 0.5) is 5.69 Å². The van der Waals surface area contributed by atoms with Crippen molar-refractivity contribution in [3.8, 4) is 0 Å². The van der Waals surface area contributed by atoms with E-state index < -0.39 is 0 Å². The van der Waals surface area contributed by atoms with Crippen LogP contribution in [0.25, 0.3) is 0 Å². The van der Waals surface area contributed by atoms with Crippen LogP contribution >= 0.6 is 0 Å². The van der Waals surface area contributed by atoms with Gasteiger partial charge in [-0.05, 0) is 43.2 Å². The molecule has 4 nitrogen and oxygen atoms in total. The Balaban J connectivity index is 2.20. The van der Waals surface area contributed by atoms with Crippen molar-refractivity contribution in [2.24, 2.45) is 0 Å². The highest BCUT2D eigenvalue weighted by Crippen LogP contribution is 2.14. The summed E-state index contributed by atoms with van der Waals surface area (Å²) in [5.74, 6) is 0.0271. The first-order valence-electron chi connectivity index (χ1n) is 7.17. The van der Waals surface area contributed by atoms with Gasteiger partial charge in [-0.15, -0.1) is 0 Å². The highest BCUT2D eigenvalue weighted by molar-refractivity contribution is 5.95. The molecule has 0 aliphatic heterocycles. The van der Waals surface area contributed by atoms with Crippen LogP contribution in [0.3, 0.4) is 0 Å². The van der Waals surface area contributed by atoms with Gasteiger partial charge < -0.3 is 10.6 Å². The smallest absolute Gasteiger partial charge is 0.255 e. The van der Waals surface area contributed by atoms with Crippen molar-refractivity contribution in [2.75, 3.05) is 12.3 Å². The minimum absolute atomic E-state index is 0.0271. The zero-order valence-electron chi connectivity index (χ0n) is 12.5. The van der Waals surface area contributed by atoms with E-state index in [4.69, 9.17) is 5.73 Å². The van der Waals surface area contributed by atoms with Gasteiger partial charge in [0.15, 0.2) is 0 Å². The molecular formula is C17H21N3O. The highest BCUT2D eigenvalue weighted by atomic mass is 16.2. The lowest BCUT2D eigenvalue weighted by atomic mass is 10.1. The SMILES string of the molecule is CCCN(Cc1ccc(N)cc1)C(=O)c1cccnc1C. The van der Waals surface area contributed by atoms with Crippen LogP contribution < -0.4 is 5.73 Å². The van der Waals surface area contributed by atoms with Gasteiger partial charge in [-0.1, -0.05) is 19.1 Å². The number of benzene rings is 1. The first kappa shape index (κ1) is 15.0. The Morgan fingerprint density at radius 2 is 1.95 bits per heavy atom. The van der Waals surface area contributed by atoms with E-state index in [1.807, 2.05) is 42.2 Å². The summed E-state index contributed by atoms with van der Waals surface area (Å²) in [6.07, 6.45) is 2.62. The quantitative estimate of drug-likeness (QED) is 0.858. The molecule has 21 heavy (non-hydrogen) atoms. The lowest BCUT2D eigenvalue weighted by Gasteiger charge is -2.23. The molecule has 1 amide bonds. The van der Waals surface area contributed by atoms with Crippen molar-refractivity contribution >= 4 is 11.6 Å². The van der Waals surface area contributed by atoms with E-state index in [1.165, 1.54) is 0 Å². The maximum absolute atomic E-state index is 12.7. The van der Waals surface area contributed by atoms with E-state index in [0.29, 0.717) is 12.1 Å². The van der Waals surface area contributed by atoms with Crippen LogP contribution in [-0.4, -0.2) is 22.3 Å². The Labute approximate surface area is 125 Å². The van der Waals surface area contributed by atoms with E-state index >= 15 is 0 Å². The number of nitrogens with zero attached hydrogens (tertiary/aromatic N) is 2. The number of rotatable bonds is 5. The Morgan fingerprint density at radius 1 is 1.24 bits per heavy atom. The Morgan fingerprint density at radius 3 is 2.57 bits per heavy atom. The van der Waals surface area contributed by atoms with Crippen molar-refractivity contribution in [1.82, 2.24) is 9.88 Å². The Hall–Kier alpha value is -2.36. The number of carbonyl (C=O) groups excluding carboxylic acids is 1. The molecule has 0 unspecified atom stereocenters. The van der Waals surface area contributed by atoms with E-state index in [0.717, 1.165) is 29.9 Å². The molecule has 0 aliphatic carbocycles. The van der Waals surface area contributed by atoms with Gasteiger partial charge in [0.2, 0.25) is 0 Å². The summed E-state index contributed by atoms with van der Waals surface area (Å²) in [4.78, 5) is 18.7. The molecule has 2 aromatic rings. The number of pyridine rings is 1. The van der Waals surface area contributed by atoms with Gasteiger partial charge in [0.25, 0.3) is 5.91 Å². The van der Waals surface area contributed by atoms with E-state index in [-0.39, 0.29) is 5.91 Å². The molecule has 0 saturated heterocycles. The molecule has 1 heterocycles. The van der Waals surface area contributed by atoms with Crippen molar-refractivity contribution in [2.45, 2.75) is 26.8 Å². The van der Waals surface area contributed by atoms with Crippen LogP contribution in [0, 0.1) is 6.92 Å². The molecule has 1 aromatic heterocycles. The minimum Gasteiger partial charge on any atom is -0.399 e. The van der Waals surface area contributed by atoms with Crippen molar-refractivity contribution in [1.29, 1.82) is 0 Å². The van der Waals surface area contributed by atoms with Gasteiger partial charge in [-0.3, -0.25) is 9.78 Å². The number of hydrogen-bond acceptors (Lipinski definition) is 3. The first-order chi connectivity index (χ1) is 10.1. The summed E-state index contributed by atoms with van der Waals surface area (Å²) in [5, 5.41) is 0. The predicted molar refractivity (Wildman–Crippen MR) is 84.9 cm³/mol. The average molecular weight is 283 g/mol. The zero-order chi connectivity index (χ0) is 15.2. The number of carbonyl (C=O) groups is 1. The Bertz CT molecular complexity index is 608. The number of nitrogens with two attached hydrogens (primary N) is 1. The van der Waals surface area contributed by atoms with Crippen LogP contribution in [0.5, 0.6) is 0 Å². The van der Waals surface area contributed by atoms with E-state index in [2.05, 4.69) is 11.9 Å². The summed E-state index contributed by atoms with van der Waals surface area (Å²) in [6.45, 7) is 5.23. The molecule has 1 aromatic carbocycles. The van der Waals surface area contributed by atoms with Crippen LogP contribution in [-0.2, 0) is 6.54 Å². The second kappa shape index (κ2) is 6.88. The predicted octanol–water partition coefficient (Wildman–Crippen LogP) is 3.02. The lowest BCUT2D eigenvalue weighted by molar-refractivity contribution is 0.0742. The number of aromatic nitrogens is 1. The third-order valence-corrected chi connectivity index (χ3v) is 3.37. The van der Waals surface area contributed by atoms with Gasteiger partial charge in [0.1, 0.15) is 0 Å². The lowest BCUT2D eigenvalue weighted by Crippen LogP contribution is -2.32. The monoisotopic (exact) mass is 283 g/mol. The van der Waals surface area contributed by atoms with Gasteiger partial charge in [0.05, 0.1) is 5.56 Å². The second-order valence-electron chi connectivity index (χ2n) is 5.10. The summed E-state index contributed by atoms with van der Waals surface area (Å²) in [6, 6.07) is 11.3. The number of aryl methyl sites for hydroxylation is 1. The largest absolute Gasteiger partial charge is 0.399 e. The molecule has 0 atom stereocenters. The first-order valence-corrected chi connectivity index (χ1v) is 7.17. The molecule has 0 bridgehead atoms. The Kier molecular flexibility index (Phi) is 4.93. The molecule has 0 aliphatic rings. The number of hydrogen-bond donors (Lipinski definition) is 1. The van der Waals surface area contributed by atoms with Crippen LogP contribution in [0.2, 0.25) is 0 Å². The van der Waals surface area contributed by atoms with Gasteiger partial charge in [-0.25, -0.2) is 0 Å². The average Bonchev–Trinajstić information content (AvgIpc) is 2.49. The van der Waals surface area contributed by atoms with Crippen LogP contribution in [0.1, 0.15) is 35.0 Å². The summed E-state index contributed by atoms with van der Waals surface area (Å²) < 4.78 is 0. The maximum Gasteiger partial charge on any atom is 0.255 e. The molecule has 110 valence electrons. The fourth-order valence-corrected chi connectivity index (χ4v) is 2.25. The maximum atomic E-state index is 12.7. The summed E-state index contributed by atoms with van der Waals surface area (Å²) >= 11 is 0. The van der Waals surface area contributed by atoms with Crippen LogP contribution in [0.15, 0.2) is 42.6 Å². The van der Waals surface area contributed by atoms with Crippen molar-refractivity contribution in [3.63, 3.8) is 0 Å². The fourth-order valence-electron chi connectivity index (χ4n) is 2.25. The highest BCUT2D eigenvalue weighted by Gasteiger charge is 2.17. The molecule has 0 spiro atoms. The van der Waals surface area contributed by atoms with Gasteiger partial charge in [-0.2, -0.15) is 0 Å². The van der Waals surface area contributed by atoms with E-state index in [9.17, 15) is 4.79 Å². The fraction of sp³-hybridized carbons (Fsp3) is 0.294. The van der Waals surface area contributed by atoms with Gasteiger partial charge >= 0.3 is 0 Å². The molecule has 4 heteroatoms. The van der Waals surface area contributed by atoms with Crippen molar-refractivity contribution in [3.05, 3.63) is 59.4 Å². The standard InChI is InChI=1S/C17H21N3O/c1-3-11-20(12-14-6-8-15(18)9-7-14)17(21)16-5-4-10-19-13(16)2/h4-10H,3,11-12,18H2,1-2H3. The normalized spacial score (nSPS) is 10.4. The molecule has 2 rings (SSSR count). The summed E-state index contributed by atoms with van der Waals surface area (Å²) in [7, 11) is 0. The molecule has 0 saturated carbocycles. The van der Waals surface area contributed by atoms with Gasteiger partial charge in [0, 0.05) is 30.7 Å². The van der Waals surface area contributed by atoms with E-state index in [1.54, 1.807) is 12.3 Å². The zero-order valence-corrected chi connectivity index (χ0v) is 12.5. The number of amides is 1. The molecule has 0 radical (unpaired) electrons. The van der Waals surface area contributed by atoms with Crippen molar-refractivity contribution < 1.29 is 4.79 Å². The molecule has 2 N–H and O–H groups in total.